The Labute approximate surface area is 115 Å². The first-order valence-electron chi connectivity index (χ1n) is 6.24. The average Bonchev–Trinajstić information content (AvgIpc) is 2.34. The summed E-state index contributed by atoms with van der Waals surface area (Å²) in [4.78, 5) is 6.46. The minimum absolute atomic E-state index is 0.441. The summed E-state index contributed by atoms with van der Waals surface area (Å²) < 4.78 is 0. The molecular weight excluding hydrogens is 246 g/mol. The van der Waals surface area contributed by atoms with Crippen LogP contribution in [0.2, 0.25) is 5.02 Å². The number of nitrogens with one attached hydrogen (secondary N) is 1. The highest BCUT2D eigenvalue weighted by atomic mass is 35.5. The van der Waals surface area contributed by atoms with E-state index in [9.17, 15) is 0 Å². The molecule has 1 rings (SSSR count). The van der Waals surface area contributed by atoms with Crippen LogP contribution in [0.4, 0.5) is 5.82 Å². The lowest BCUT2D eigenvalue weighted by Crippen LogP contribution is -2.23. The van der Waals surface area contributed by atoms with Crippen LogP contribution < -0.4 is 10.2 Å². The zero-order valence-corrected chi connectivity index (χ0v) is 12.2. The van der Waals surface area contributed by atoms with Gasteiger partial charge in [-0.1, -0.05) is 31.5 Å². The van der Waals surface area contributed by atoms with Crippen LogP contribution in [0.15, 0.2) is 24.9 Å². The number of rotatable bonds is 7. The van der Waals surface area contributed by atoms with E-state index in [1.165, 1.54) is 0 Å². The maximum Gasteiger partial charge on any atom is 0.128 e. The van der Waals surface area contributed by atoms with Gasteiger partial charge in [0.05, 0.1) is 5.02 Å². The highest BCUT2D eigenvalue weighted by Gasteiger charge is 2.07. The molecule has 4 heteroatoms. The molecule has 1 N–H and O–H groups in total. The molecule has 0 spiro atoms. The number of anilines is 1. The van der Waals surface area contributed by atoms with Gasteiger partial charge in [-0.05, 0) is 18.1 Å². The van der Waals surface area contributed by atoms with E-state index in [2.05, 4.69) is 35.6 Å². The van der Waals surface area contributed by atoms with Crippen LogP contribution in [0.3, 0.4) is 0 Å². The lowest BCUT2D eigenvalue weighted by Gasteiger charge is -2.19. The van der Waals surface area contributed by atoms with E-state index in [4.69, 9.17) is 11.6 Å². The molecule has 0 saturated carbocycles. The van der Waals surface area contributed by atoms with Crippen LogP contribution >= 0.6 is 11.6 Å². The molecule has 1 aromatic heterocycles. The van der Waals surface area contributed by atoms with E-state index < -0.39 is 0 Å². The average molecular weight is 268 g/mol. The maximum absolute atomic E-state index is 6.15. The summed E-state index contributed by atoms with van der Waals surface area (Å²) in [6.07, 6.45) is 4.58. The van der Waals surface area contributed by atoms with Crippen molar-refractivity contribution in [1.82, 2.24) is 10.3 Å². The molecule has 0 aliphatic carbocycles. The van der Waals surface area contributed by atoms with Crippen molar-refractivity contribution in [3.63, 3.8) is 0 Å². The third kappa shape index (κ3) is 4.67. The van der Waals surface area contributed by atoms with Gasteiger partial charge in [0.15, 0.2) is 0 Å². The Balaban J connectivity index is 2.75. The summed E-state index contributed by atoms with van der Waals surface area (Å²) in [5.74, 6) is 0.946. The third-order valence-electron chi connectivity index (χ3n) is 2.68. The van der Waals surface area contributed by atoms with Crippen molar-refractivity contribution in [2.75, 3.05) is 18.5 Å². The van der Waals surface area contributed by atoms with Gasteiger partial charge in [0.2, 0.25) is 0 Å². The summed E-state index contributed by atoms with van der Waals surface area (Å²) >= 11 is 6.15. The predicted molar refractivity (Wildman–Crippen MR) is 79.3 cm³/mol. The van der Waals surface area contributed by atoms with Crippen molar-refractivity contribution in [2.45, 2.75) is 32.9 Å². The van der Waals surface area contributed by atoms with Gasteiger partial charge in [0.25, 0.3) is 0 Å². The summed E-state index contributed by atoms with van der Waals surface area (Å²) in [7, 11) is 2.03. The number of aromatic nitrogens is 1. The molecule has 0 aliphatic heterocycles. The summed E-state index contributed by atoms with van der Waals surface area (Å²) in [6.45, 7) is 9.64. The molecule has 0 bridgehead atoms. The van der Waals surface area contributed by atoms with E-state index in [-0.39, 0.29) is 0 Å². The number of halogens is 1. The van der Waals surface area contributed by atoms with Crippen LogP contribution in [0.1, 0.15) is 25.8 Å². The highest BCUT2D eigenvalue weighted by Crippen LogP contribution is 2.20. The largest absolute Gasteiger partial charge is 0.359 e. The van der Waals surface area contributed by atoms with E-state index in [1.807, 2.05) is 19.2 Å². The van der Waals surface area contributed by atoms with Crippen molar-refractivity contribution in [1.29, 1.82) is 0 Å². The molecule has 0 amide bonds. The zero-order valence-electron chi connectivity index (χ0n) is 11.4. The van der Waals surface area contributed by atoms with Crippen molar-refractivity contribution in [3.05, 3.63) is 35.5 Å². The van der Waals surface area contributed by atoms with E-state index in [1.54, 1.807) is 6.20 Å². The summed E-state index contributed by atoms with van der Waals surface area (Å²) in [6, 6.07) is 2.48. The third-order valence-corrected chi connectivity index (χ3v) is 3.02. The number of hydrogen-bond acceptors (Lipinski definition) is 3. The number of nitrogens with zero attached hydrogens (tertiary/aromatic N) is 2. The molecule has 1 aromatic rings. The Morgan fingerprint density at radius 1 is 1.56 bits per heavy atom. The molecule has 100 valence electrons. The minimum atomic E-state index is 0.441. The molecule has 3 nitrogen and oxygen atoms in total. The second-order valence-corrected chi connectivity index (χ2v) is 5.08. The highest BCUT2D eigenvalue weighted by molar-refractivity contribution is 6.31. The van der Waals surface area contributed by atoms with Crippen molar-refractivity contribution < 1.29 is 0 Å². The molecule has 0 aliphatic rings. The fraction of sp³-hybridized carbons (Fsp3) is 0.500. The van der Waals surface area contributed by atoms with Gasteiger partial charge in [-0.2, -0.15) is 0 Å². The first-order valence-corrected chi connectivity index (χ1v) is 6.62. The predicted octanol–water partition coefficient (Wildman–Crippen LogP) is 3.25. The maximum atomic E-state index is 6.15. The Kier molecular flexibility index (Phi) is 6.16. The van der Waals surface area contributed by atoms with Gasteiger partial charge < -0.3 is 10.2 Å². The monoisotopic (exact) mass is 267 g/mol. The Morgan fingerprint density at radius 2 is 2.28 bits per heavy atom. The van der Waals surface area contributed by atoms with Gasteiger partial charge in [-0.25, -0.2) is 4.98 Å². The Morgan fingerprint density at radius 3 is 2.89 bits per heavy atom. The van der Waals surface area contributed by atoms with Gasteiger partial charge in [0.1, 0.15) is 5.82 Å². The topological polar surface area (TPSA) is 28.2 Å². The van der Waals surface area contributed by atoms with Crippen molar-refractivity contribution in [3.8, 4) is 0 Å². The number of pyridine rings is 1. The molecule has 0 atom stereocenters. The fourth-order valence-electron chi connectivity index (χ4n) is 1.53. The van der Waals surface area contributed by atoms with Crippen LogP contribution in [0.25, 0.3) is 0 Å². The standard InChI is InChI=1S/C14H22ClN3/c1-5-6-7-18(4)14-8-12(9-16-11(2)3)13(15)10-17-14/h5,8,10-11,16H,1,6-7,9H2,2-4H3. The van der Waals surface area contributed by atoms with Crippen molar-refractivity contribution in [2.24, 2.45) is 0 Å². The molecule has 0 radical (unpaired) electrons. The summed E-state index contributed by atoms with van der Waals surface area (Å²) in [5.41, 5.74) is 1.08. The van der Waals surface area contributed by atoms with Gasteiger partial charge in [-0.15, -0.1) is 6.58 Å². The molecule has 0 saturated heterocycles. The van der Waals surface area contributed by atoms with E-state index in [0.717, 1.165) is 30.9 Å². The smallest absolute Gasteiger partial charge is 0.128 e. The normalized spacial score (nSPS) is 10.7. The second kappa shape index (κ2) is 7.39. The van der Waals surface area contributed by atoms with Crippen LogP contribution in [0.5, 0.6) is 0 Å². The number of hydrogen-bond donors (Lipinski definition) is 1. The van der Waals surface area contributed by atoms with Crippen molar-refractivity contribution >= 4 is 17.4 Å². The van der Waals surface area contributed by atoms with Gasteiger partial charge in [0, 0.05) is 32.4 Å². The molecular formula is C14H22ClN3. The first kappa shape index (κ1) is 15.0. The van der Waals surface area contributed by atoms with Crippen LogP contribution in [0, 0.1) is 0 Å². The Hall–Kier alpha value is -1.06. The van der Waals surface area contributed by atoms with Gasteiger partial charge >= 0.3 is 0 Å². The van der Waals surface area contributed by atoms with Crippen LogP contribution in [-0.4, -0.2) is 24.6 Å². The minimum Gasteiger partial charge on any atom is -0.359 e. The zero-order chi connectivity index (χ0) is 13.5. The second-order valence-electron chi connectivity index (χ2n) is 4.67. The molecule has 18 heavy (non-hydrogen) atoms. The molecule has 0 unspecified atom stereocenters. The van der Waals surface area contributed by atoms with E-state index in [0.29, 0.717) is 11.1 Å². The lowest BCUT2D eigenvalue weighted by molar-refractivity contribution is 0.588. The van der Waals surface area contributed by atoms with E-state index >= 15 is 0 Å². The SMILES string of the molecule is C=CCCN(C)c1cc(CNC(C)C)c(Cl)cn1. The molecule has 1 heterocycles. The Bertz CT molecular complexity index is 391. The lowest BCUT2D eigenvalue weighted by atomic mass is 10.2. The first-order chi connectivity index (χ1) is 8.54. The quantitative estimate of drug-likeness (QED) is 0.769. The molecule has 0 fully saturated rings. The summed E-state index contributed by atoms with van der Waals surface area (Å²) in [5, 5.41) is 4.08. The van der Waals surface area contributed by atoms with Crippen LogP contribution in [-0.2, 0) is 6.54 Å². The molecule has 0 aromatic carbocycles. The van der Waals surface area contributed by atoms with Gasteiger partial charge in [-0.3, -0.25) is 0 Å². The fourth-order valence-corrected chi connectivity index (χ4v) is 1.70.